The number of aromatic nitrogens is 4. The lowest BCUT2D eigenvalue weighted by Crippen LogP contribution is -2.44. The molecule has 2 unspecified atom stereocenters. The van der Waals surface area contributed by atoms with E-state index in [1.807, 2.05) is 60.0 Å². The summed E-state index contributed by atoms with van der Waals surface area (Å²) in [5, 5.41) is 11.7. The third-order valence-corrected chi connectivity index (χ3v) is 8.32. The number of rotatable bonds is 4. The normalized spacial score (nSPS) is 24.4. The van der Waals surface area contributed by atoms with Crippen molar-refractivity contribution in [1.29, 1.82) is 0 Å². The second-order valence-electron chi connectivity index (χ2n) is 10.8. The number of nitrogens with one attached hydrogen (secondary N) is 1. The van der Waals surface area contributed by atoms with Gasteiger partial charge < -0.3 is 14.5 Å². The van der Waals surface area contributed by atoms with Crippen LogP contribution in [-0.2, 0) is 0 Å². The first kappa shape index (κ1) is 22.2. The Morgan fingerprint density at radius 3 is 2.22 bits per heavy atom. The van der Waals surface area contributed by atoms with Gasteiger partial charge in [0.1, 0.15) is 22.5 Å². The third-order valence-electron chi connectivity index (χ3n) is 8.32. The number of carbonyl (C=O) groups is 2. The summed E-state index contributed by atoms with van der Waals surface area (Å²) in [6.07, 6.45) is -0.000662. The van der Waals surface area contributed by atoms with E-state index in [1.165, 1.54) is 0 Å². The average molecular weight is 501 g/mol. The summed E-state index contributed by atoms with van der Waals surface area (Å²) in [5.74, 6) is 2.43. The molecule has 4 heterocycles. The number of ether oxygens (including phenoxy) is 1. The Morgan fingerprint density at radius 1 is 0.865 bits per heavy atom. The average Bonchev–Trinajstić information content (AvgIpc) is 3.61. The summed E-state index contributed by atoms with van der Waals surface area (Å²) in [5.41, 5.74) is 3.29. The molecule has 4 atom stereocenters. The van der Waals surface area contributed by atoms with Crippen LogP contribution >= 0.6 is 0 Å². The van der Waals surface area contributed by atoms with Crippen molar-refractivity contribution < 1.29 is 17.2 Å². The van der Waals surface area contributed by atoms with Crippen LogP contribution < -0.4 is 4.74 Å². The largest absolute Gasteiger partial charge is 0.490 e. The molecule has 2 aromatic heterocycles. The summed E-state index contributed by atoms with van der Waals surface area (Å²) in [6, 6.07) is 15.0. The van der Waals surface area contributed by atoms with Gasteiger partial charge in [0.15, 0.2) is 0 Å². The lowest BCUT2D eigenvalue weighted by atomic mass is 9.60. The third kappa shape index (κ3) is 3.55. The fourth-order valence-electron chi connectivity index (χ4n) is 6.63. The lowest BCUT2D eigenvalue weighted by molar-refractivity contribution is 0.0629. The molecule has 1 N–H and O–H groups in total. The maximum atomic E-state index is 13.5. The van der Waals surface area contributed by atoms with E-state index < -0.39 is 0 Å². The molecular formula is C28H32N6O3. The number of fused-ring (bicyclic) bond motifs is 6. The molecule has 37 heavy (non-hydrogen) atoms. The number of hydrogen-bond acceptors (Lipinski definition) is 6. The van der Waals surface area contributed by atoms with E-state index >= 15 is 0 Å². The van der Waals surface area contributed by atoms with E-state index in [2.05, 4.69) is 20.4 Å². The van der Waals surface area contributed by atoms with Crippen molar-refractivity contribution in [3.05, 3.63) is 59.8 Å². The van der Waals surface area contributed by atoms with Crippen molar-refractivity contribution in [2.75, 3.05) is 26.2 Å². The van der Waals surface area contributed by atoms with Crippen LogP contribution in [0.1, 0.15) is 37.5 Å². The zero-order valence-corrected chi connectivity index (χ0v) is 20.8. The van der Waals surface area contributed by atoms with Crippen LogP contribution in [0.15, 0.2) is 48.5 Å². The SMILES string of the molecule is CC(C)Oc1cc(C(=O)N2CC3C(C2)[C@@H]2CN(C(=O)c4ccc5n[nH]nc5c4)C[C@H]32)nc2ccccc12.[HH].[HH]. The van der Waals surface area contributed by atoms with Crippen molar-refractivity contribution in [3.8, 4) is 5.75 Å². The van der Waals surface area contributed by atoms with Crippen LogP contribution in [0.3, 0.4) is 0 Å². The Labute approximate surface area is 216 Å². The molecule has 0 bridgehead atoms. The van der Waals surface area contributed by atoms with Crippen LogP contribution in [0.2, 0.25) is 0 Å². The predicted molar refractivity (Wildman–Crippen MR) is 141 cm³/mol. The summed E-state index contributed by atoms with van der Waals surface area (Å²) >= 11 is 0. The van der Waals surface area contributed by atoms with Gasteiger partial charge in [-0.1, -0.05) is 12.1 Å². The molecule has 7 rings (SSSR count). The van der Waals surface area contributed by atoms with Gasteiger partial charge in [-0.15, -0.1) is 0 Å². The summed E-state index contributed by atoms with van der Waals surface area (Å²) in [6.45, 7) is 6.87. The zero-order chi connectivity index (χ0) is 25.3. The number of benzene rings is 2. The highest BCUT2D eigenvalue weighted by Crippen LogP contribution is 2.54. The number of aromatic amines is 1. The van der Waals surface area contributed by atoms with Gasteiger partial charge in [0.25, 0.3) is 11.8 Å². The van der Waals surface area contributed by atoms with Gasteiger partial charge >= 0.3 is 0 Å². The van der Waals surface area contributed by atoms with E-state index in [4.69, 9.17) is 4.74 Å². The Kier molecular flexibility index (Phi) is 4.96. The second kappa shape index (κ2) is 8.26. The zero-order valence-electron chi connectivity index (χ0n) is 20.8. The number of H-pyrrole nitrogens is 1. The van der Waals surface area contributed by atoms with E-state index in [0.717, 1.165) is 29.5 Å². The molecule has 0 spiro atoms. The number of nitrogens with zero attached hydrogens (tertiary/aromatic N) is 5. The van der Waals surface area contributed by atoms with Crippen molar-refractivity contribution in [3.63, 3.8) is 0 Å². The number of amides is 2. The highest BCUT2D eigenvalue weighted by Gasteiger charge is 2.59. The van der Waals surface area contributed by atoms with Gasteiger partial charge in [0, 0.05) is 46.0 Å². The highest BCUT2D eigenvalue weighted by molar-refractivity contribution is 5.98. The summed E-state index contributed by atoms with van der Waals surface area (Å²) in [4.78, 5) is 35.4. The molecule has 1 aliphatic carbocycles. The predicted octanol–water partition coefficient (Wildman–Crippen LogP) is 3.88. The molecule has 2 aromatic carbocycles. The van der Waals surface area contributed by atoms with Crippen LogP contribution in [0, 0.1) is 23.7 Å². The fraction of sp³-hybridized carbons (Fsp3) is 0.393. The van der Waals surface area contributed by atoms with Crippen molar-refractivity contribution >= 4 is 33.8 Å². The van der Waals surface area contributed by atoms with Crippen molar-refractivity contribution in [1.82, 2.24) is 30.2 Å². The number of para-hydroxylation sites is 1. The summed E-state index contributed by atoms with van der Waals surface area (Å²) < 4.78 is 6.03. The van der Waals surface area contributed by atoms with Gasteiger partial charge in [-0.3, -0.25) is 9.59 Å². The smallest absolute Gasteiger partial charge is 0.272 e. The molecule has 192 valence electrons. The van der Waals surface area contributed by atoms with Gasteiger partial charge in [0.05, 0.1) is 11.6 Å². The van der Waals surface area contributed by atoms with Crippen molar-refractivity contribution in [2.24, 2.45) is 23.7 Å². The van der Waals surface area contributed by atoms with Crippen LogP contribution in [0.4, 0.5) is 0 Å². The molecule has 1 saturated carbocycles. The monoisotopic (exact) mass is 500 g/mol. The number of hydrogen-bond donors (Lipinski definition) is 1. The van der Waals surface area contributed by atoms with E-state index in [1.54, 1.807) is 12.1 Å². The highest BCUT2D eigenvalue weighted by atomic mass is 16.5. The minimum Gasteiger partial charge on any atom is -0.490 e. The van der Waals surface area contributed by atoms with E-state index in [0.29, 0.717) is 59.3 Å². The molecule has 9 heteroatoms. The first-order chi connectivity index (χ1) is 18.0. The van der Waals surface area contributed by atoms with E-state index in [-0.39, 0.29) is 20.8 Å². The number of carbonyl (C=O) groups excluding carboxylic acids is 2. The number of pyridine rings is 1. The Morgan fingerprint density at radius 2 is 1.51 bits per heavy atom. The molecule has 4 aromatic rings. The fourth-order valence-corrected chi connectivity index (χ4v) is 6.63. The van der Waals surface area contributed by atoms with Gasteiger partial charge in [-0.05, 0) is 67.9 Å². The summed E-state index contributed by atoms with van der Waals surface area (Å²) in [7, 11) is 0. The lowest BCUT2D eigenvalue weighted by Gasteiger charge is -2.42. The van der Waals surface area contributed by atoms with Crippen LogP contribution in [0.5, 0.6) is 5.75 Å². The molecule has 0 radical (unpaired) electrons. The Hall–Kier alpha value is -4.01. The minimum absolute atomic E-state index is 0. The Bertz CT molecular complexity index is 1540. The second-order valence-corrected chi connectivity index (χ2v) is 10.8. The Balaban J connectivity index is 0.00000154. The van der Waals surface area contributed by atoms with Gasteiger partial charge in [-0.2, -0.15) is 15.4 Å². The van der Waals surface area contributed by atoms with Gasteiger partial charge in [-0.25, -0.2) is 4.98 Å². The first-order valence-corrected chi connectivity index (χ1v) is 12.9. The number of likely N-dealkylation sites (tertiary alicyclic amines) is 2. The molecule has 2 saturated heterocycles. The molecular weight excluding hydrogens is 468 g/mol. The maximum absolute atomic E-state index is 13.5. The minimum atomic E-state index is -0.0410. The first-order valence-electron chi connectivity index (χ1n) is 12.9. The topological polar surface area (TPSA) is 104 Å². The molecule has 3 aliphatic rings. The molecule has 3 fully saturated rings. The standard InChI is InChI=1S/C28H28N6O3.2H2/c1-15(2)37-26-10-25(29-22-6-4-3-5-17(22)26)28(36)34-13-20-18-11-33(12-19(18)21(20)14-34)27(35)16-7-8-23-24(9-16)31-32-30-23;;/h3-10,15,18-21H,11-14H2,1-2H3,(H,30,31,32);2*1H/t18-,19+,20?,21?;;. The van der Waals surface area contributed by atoms with E-state index in [9.17, 15) is 9.59 Å². The van der Waals surface area contributed by atoms with Crippen LogP contribution in [-0.4, -0.2) is 74.3 Å². The maximum Gasteiger partial charge on any atom is 0.272 e. The quantitative estimate of drug-likeness (QED) is 0.456. The molecule has 9 nitrogen and oxygen atoms in total. The van der Waals surface area contributed by atoms with Gasteiger partial charge in [0.2, 0.25) is 0 Å². The molecule has 2 amide bonds. The molecule has 2 aliphatic heterocycles. The van der Waals surface area contributed by atoms with Crippen LogP contribution in [0.25, 0.3) is 21.9 Å². The van der Waals surface area contributed by atoms with Crippen molar-refractivity contribution in [2.45, 2.75) is 20.0 Å².